The third-order valence-corrected chi connectivity index (χ3v) is 13.8. The fourth-order valence-electron chi connectivity index (χ4n) is 5.57. The monoisotopic (exact) mass is 736 g/mol. The summed E-state index contributed by atoms with van der Waals surface area (Å²) in [7, 11) is 4.22. The molecule has 0 N–H and O–H groups in total. The molecule has 0 radical (unpaired) electrons. The lowest BCUT2D eigenvalue weighted by Crippen LogP contribution is -1.94. The van der Waals surface area contributed by atoms with Crippen LogP contribution >= 0.6 is 56.7 Å². The van der Waals surface area contributed by atoms with Crippen molar-refractivity contribution in [2.45, 2.75) is 26.7 Å². The van der Waals surface area contributed by atoms with E-state index in [1.807, 2.05) is 24.3 Å². The lowest BCUT2D eigenvalue weighted by molar-refractivity contribution is 0.320. The van der Waals surface area contributed by atoms with Gasteiger partial charge in [-0.25, -0.2) is 10.5 Å². The molecule has 0 amide bonds. The van der Waals surface area contributed by atoms with Crippen LogP contribution in [-0.2, 0) is 14.1 Å². The maximum Gasteiger partial charge on any atom is 0.350 e. The molecule has 0 atom stereocenters. The van der Waals surface area contributed by atoms with Crippen molar-refractivity contribution < 1.29 is 9.47 Å². The van der Waals surface area contributed by atoms with Crippen molar-refractivity contribution in [2.75, 3.05) is 13.2 Å². The van der Waals surface area contributed by atoms with Gasteiger partial charge in [0.15, 0.2) is 0 Å². The zero-order valence-corrected chi connectivity index (χ0v) is 30.7. The van der Waals surface area contributed by atoms with Gasteiger partial charge in [0.25, 0.3) is 0 Å². The molecular formula is C34H24N8O2S5. The second kappa shape index (κ2) is 13.1. The van der Waals surface area contributed by atoms with Crippen molar-refractivity contribution in [3.05, 3.63) is 47.1 Å². The SMILES string of the molecule is [C-]#[N+]C(C#N)=Nc1cc(OCCC)c(-c2cc3c(s2)c2sc4c5sc(-c6sc(N=C(C#N)[N+]#[C-])cc6OCCC)cc5n(C)c4c2n3C)s1. The number of aromatic nitrogens is 2. The normalized spacial score (nSPS) is 12.2. The van der Waals surface area contributed by atoms with Gasteiger partial charge in [-0.2, -0.15) is 0 Å². The molecule has 0 unspecified atom stereocenters. The maximum absolute atomic E-state index is 9.25. The molecule has 0 aliphatic heterocycles. The van der Waals surface area contributed by atoms with E-state index < -0.39 is 0 Å². The van der Waals surface area contributed by atoms with Gasteiger partial charge < -0.3 is 28.3 Å². The number of nitrogens with zero attached hydrogens (tertiary/aromatic N) is 8. The number of hydrogen-bond acceptors (Lipinski definition) is 11. The average Bonchev–Trinajstić information content (AvgIpc) is 3.96. The van der Waals surface area contributed by atoms with Crippen LogP contribution in [-0.4, -0.2) is 34.0 Å². The smallest absolute Gasteiger partial charge is 0.350 e. The summed E-state index contributed by atoms with van der Waals surface area (Å²) in [5, 5.41) is 19.6. The Balaban J connectivity index is 1.35. The van der Waals surface area contributed by atoms with E-state index in [2.05, 4.69) is 68.9 Å². The Bertz CT molecular complexity index is 2460. The predicted octanol–water partition coefficient (Wildman–Crippen LogP) is 11.1. The van der Waals surface area contributed by atoms with Crippen molar-refractivity contribution in [1.29, 1.82) is 10.5 Å². The molecule has 0 saturated heterocycles. The summed E-state index contributed by atoms with van der Waals surface area (Å²) < 4.78 is 21.6. The number of aryl methyl sites for hydroxylation is 2. The van der Waals surface area contributed by atoms with E-state index in [9.17, 15) is 10.5 Å². The van der Waals surface area contributed by atoms with Gasteiger partial charge in [-0.15, -0.1) is 34.0 Å². The molecule has 242 valence electrons. The van der Waals surface area contributed by atoms with Gasteiger partial charge in [0.1, 0.15) is 23.6 Å². The minimum atomic E-state index is -0.202. The van der Waals surface area contributed by atoms with Gasteiger partial charge in [0.2, 0.25) is 10.0 Å². The first-order valence-electron chi connectivity index (χ1n) is 15.0. The van der Waals surface area contributed by atoms with Crippen LogP contribution in [0.5, 0.6) is 11.5 Å². The van der Waals surface area contributed by atoms with Gasteiger partial charge in [-0.05, 0) is 25.0 Å². The first kappa shape index (κ1) is 32.5. The molecule has 7 aromatic rings. The highest BCUT2D eigenvalue weighted by Gasteiger charge is 2.26. The zero-order chi connectivity index (χ0) is 34.4. The van der Waals surface area contributed by atoms with Crippen molar-refractivity contribution in [2.24, 2.45) is 24.1 Å². The van der Waals surface area contributed by atoms with Gasteiger partial charge >= 0.3 is 11.7 Å². The molecule has 10 nitrogen and oxygen atoms in total. The number of amidine groups is 2. The number of hydrogen-bond donors (Lipinski definition) is 0. The summed E-state index contributed by atoms with van der Waals surface area (Å²) in [5.74, 6) is 1.02. The third-order valence-electron chi connectivity index (χ3n) is 7.67. The van der Waals surface area contributed by atoms with Crippen LogP contribution in [0.1, 0.15) is 26.7 Å². The van der Waals surface area contributed by atoms with Crippen LogP contribution in [0, 0.1) is 35.8 Å². The lowest BCUT2D eigenvalue weighted by atomic mass is 10.3. The minimum Gasteiger partial charge on any atom is -0.492 e. The Labute approximate surface area is 300 Å². The van der Waals surface area contributed by atoms with Crippen molar-refractivity contribution in [3.63, 3.8) is 0 Å². The molecule has 7 heterocycles. The molecule has 0 aliphatic rings. The topological polar surface area (TPSA) is 109 Å². The van der Waals surface area contributed by atoms with Crippen molar-refractivity contribution in [1.82, 2.24) is 9.13 Å². The Hall–Kier alpha value is -5.00. The predicted molar refractivity (Wildman–Crippen MR) is 205 cm³/mol. The van der Waals surface area contributed by atoms with Crippen LogP contribution in [0.15, 0.2) is 34.3 Å². The number of thiophene rings is 5. The maximum atomic E-state index is 9.25. The average molecular weight is 737 g/mol. The van der Waals surface area contributed by atoms with Crippen molar-refractivity contribution >= 4 is 119 Å². The number of fused-ring (bicyclic) bond motifs is 7. The molecule has 7 aromatic heterocycles. The summed E-state index contributed by atoms with van der Waals surface area (Å²) in [6.45, 7) is 19.7. The molecule has 0 spiro atoms. The Morgan fingerprint density at radius 2 is 1.12 bits per heavy atom. The van der Waals surface area contributed by atoms with E-state index in [0.29, 0.717) is 34.7 Å². The second-order valence-electron chi connectivity index (χ2n) is 10.8. The molecule has 0 fully saturated rings. The summed E-state index contributed by atoms with van der Waals surface area (Å²) in [6, 6.07) is 11.7. The highest BCUT2D eigenvalue weighted by molar-refractivity contribution is 7.36. The van der Waals surface area contributed by atoms with Gasteiger partial charge in [0.05, 0.1) is 73.6 Å². The van der Waals surface area contributed by atoms with E-state index in [1.165, 1.54) is 52.5 Å². The number of nitriles is 2. The van der Waals surface area contributed by atoms with Gasteiger partial charge in [0, 0.05) is 26.2 Å². The molecule has 7 rings (SSSR count). The van der Waals surface area contributed by atoms with Crippen LogP contribution in [0.3, 0.4) is 0 Å². The Kier molecular flexibility index (Phi) is 8.72. The quantitative estimate of drug-likeness (QED) is 0.0791. The molecule has 0 saturated carbocycles. The number of aliphatic imine (C=N–C) groups is 2. The van der Waals surface area contributed by atoms with E-state index >= 15 is 0 Å². The van der Waals surface area contributed by atoms with Gasteiger partial charge in [-0.1, -0.05) is 59.7 Å². The minimum absolute atomic E-state index is 0.202. The number of rotatable bonds is 10. The van der Waals surface area contributed by atoms with Crippen LogP contribution in [0.2, 0.25) is 0 Å². The fraction of sp³-hybridized carbons (Fsp3) is 0.235. The third kappa shape index (κ3) is 5.47. The van der Waals surface area contributed by atoms with E-state index in [4.69, 9.17) is 22.6 Å². The van der Waals surface area contributed by atoms with E-state index in [1.54, 1.807) is 34.0 Å². The second-order valence-corrected chi connectivity index (χ2v) is 16.0. The molecule has 0 aliphatic carbocycles. The molecule has 0 bridgehead atoms. The van der Waals surface area contributed by atoms with Crippen LogP contribution in [0.25, 0.3) is 70.1 Å². The molecule has 49 heavy (non-hydrogen) atoms. The first-order valence-corrected chi connectivity index (χ1v) is 19.1. The fourth-order valence-corrected chi connectivity index (χ4v) is 11.7. The summed E-state index contributed by atoms with van der Waals surface area (Å²) in [4.78, 5) is 18.9. The highest BCUT2D eigenvalue weighted by Crippen LogP contribution is 2.54. The summed E-state index contributed by atoms with van der Waals surface area (Å²) in [5.41, 5.74) is 4.65. The standard InChI is InChI=1S/C34H24N8O2S5/c1-7-9-43-19-13-25(39-23(15-35)37-3)47-31(19)21-11-17-29(45-21)33-27(41(17)5)28-34(49-33)30-18(42(28)6)12-22(46-30)32-20(44-10-8-2)14-26(48-32)40-24(16-36)38-4/h11-14H,7-10H2,1-2,5-6H3. The molecular weight excluding hydrogens is 713 g/mol. The Morgan fingerprint density at radius 1 is 0.694 bits per heavy atom. The largest absolute Gasteiger partial charge is 0.492 e. The highest BCUT2D eigenvalue weighted by atomic mass is 32.1. The first-order chi connectivity index (χ1) is 23.8. The summed E-state index contributed by atoms with van der Waals surface area (Å²) in [6.07, 6.45) is 1.71. The number of ether oxygens (including phenoxy) is 2. The molecule has 0 aromatic carbocycles. The zero-order valence-electron chi connectivity index (χ0n) is 26.6. The summed E-state index contributed by atoms with van der Waals surface area (Å²) >= 11 is 8.07. The Morgan fingerprint density at radius 3 is 1.49 bits per heavy atom. The van der Waals surface area contributed by atoms with Gasteiger partial charge in [-0.3, -0.25) is 0 Å². The van der Waals surface area contributed by atoms with Crippen molar-refractivity contribution in [3.8, 4) is 43.1 Å². The van der Waals surface area contributed by atoms with E-state index in [-0.39, 0.29) is 11.7 Å². The van der Waals surface area contributed by atoms with Crippen LogP contribution < -0.4 is 9.47 Å². The lowest BCUT2D eigenvalue weighted by Gasteiger charge is -2.04. The van der Waals surface area contributed by atoms with E-state index in [0.717, 1.165) is 43.4 Å². The van der Waals surface area contributed by atoms with Crippen LogP contribution in [0.4, 0.5) is 10.0 Å². The molecule has 15 heteroatoms.